The average molecular weight is 196 g/mol. The molecule has 1 aliphatic heterocycles. The summed E-state index contributed by atoms with van der Waals surface area (Å²) in [6, 6.07) is 0. The Bertz CT molecular complexity index is 342. The van der Waals surface area contributed by atoms with E-state index < -0.39 is 17.1 Å². The molecular weight excluding hydrogens is 184 g/mol. The van der Waals surface area contributed by atoms with Crippen LogP contribution in [0.5, 0.6) is 0 Å². The van der Waals surface area contributed by atoms with E-state index in [1.54, 1.807) is 20.8 Å². The third kappa shape index (κ3) is 2.22. The van der Waals surface area contributed by atoms with Gasteiger partial charge in [0.15, 0.2) is 5.78 Å². The van der Waals surface area contributed by atoms with Crippen molar-refractivity contribution in [2.45, 2.75) is 20.8 Å². The number of ketones is 1. The van der Waals surface area contributed by atoms with Gasteiger partial charge in [-0.1, -0.05) is 20.8 Å². The van der Waals surface area contributed by atoms with Crippen LogP contribution in [-0.4, -0.2) is 16.9 Å². The lowest BCUT2D eigenvalue weighted by atomic mass is 9.90. The van der Waals surface area contributed by atoms with Gasteiger partial charge in [0.05, 0.1) is 0 Å². The number of carbonyl (C=O) groups excluding carboxylic acids is 2. The average Bonchev–Trinajstić information content (AvgIpc) is 2.29. The molecule has 0 spiro atoms. The highest BCUT2D eigenvalue weighted by Gasteiger charge is 2.24. The molecule has 0 amide bonds. The molecule has 0 saturated carbocycles. The second kappa shape index (κ2) is 3.29. The highest BCUT2D eigenvalue weighted by Crippen LogP contribution is 2.20. The molecule has 0 atom stereocenters. The van der Waals surface area contributed by atoms with Gasteiger partial charge in [0.25, 0.3) is 0 Å². The van der Waals surface area contributed by atoms with Crippen molar-refractivity contribution in [3.63, 3.8) is 0 Å². The van der Waals surface area contributed by atoms with Crippen LogP contribution in [0, 0.1) is 5.41 Å². The van der Waals surface area contributed by atoms with E-state index in [-0.39, 0.29) is 11.5 Å². The molecule has 1 rings (SSSR count). The number of hydrogen-bond donors (Lipinski definition) is 1. The lowest BCUT2D eigenvalue weighted by Gasteiger charge is -2.13. The standard InChI is InChI=1S/C10H12O4/c1-10(2,3)8(12)5-6-4-7(11)9(13)14-6/h4-5,11H,1-3H3/b6-5+. The molecule has 0 saturated heterocycles. The minimum absolute atomic E-state index is 0.0902. The van der Waals surface area contributed by atoms with Crippen LogP contribution in [0.25, 0.3) is 0 Å². The molecular formula is C10H12O4. The maximum Gasteiger partial charge on any atom is 0.378 e. The summed E-state index contributed by atoms with van der Waals surface area (Å²) in [7, 11) is 0. The van der Waals surface area contributed by atoms with Gasteiger partial charge in [0, 0.05) is 17.6 Å². The lowest BCUT2D eigenvalue weighted by molar-refractivity contribution is -0.135. The van der Waals surface area contributed by atoms with Gasteiger partial charge in [-0.05, 0) is 0 Å². The SMILES string of the molecule is CC(C)(C)C(=O)/C=C1\C=C(O)C(=O)O1. The number of hydrogen-bond acceptors (Lipinski definition) is 4. The highest BCUT2D eigenvalue weighted by molar-refractivity contribution is 5.97. The van der Waals surface area contributed by atoms with Crippen molar-refractivity contribution >= 4 is 11.8 Å². The molecule has 0 aromatic heterocycles. The Morgan fingerprint density at radius 3 is 2.43 bits per heavy atom. The number of allylic oxidation sites excluding steroid dienone is 2. The molecule has 0 aliphatic carbocycles. The molecule has 1 heterocycles. The van der Waals surface area contributed by atoms with E-state index >= 15 is 0 Å². The molecule has 1 N–H and O–H groups in total. The zero-order valence-corrected chi connectivity index (χ0v) is 8.33. The molecule has 0 fully saturated rings. The normalized spacial score (nSPS) is 19.5. The Balaban J connectivity index is 2.83. The van der Waals surface area contributed by atoms with Gasteiger partial charge in [0.2, 0.25) is 5.76 Å². The monoisotopic (exact) mass is 196 g/mol. The fraction of sp³-hybridized carbons (Fsp3) is 0.400. The fourth-order valence-corrected chi connectivity index (χ4v) is 0.799. The van der Waals surface area contributed by atoms with Crippen molar-refractivity contribution < 1.29 is 19.4 Å². The number of rotatable bonds is 1. The third-order valence-electron chi connectivity index (χ3n) is 1.71. The largest absolute Gasteiger partial charge is 0.502 e. The minimum atomic E-state index is -0.821. The molecule has 1 aliphatic rings. The van der Waals surface area contributed by atoms with Crippen molar-refractivity contribution in [2.75, 3.05) is 0 Å². The van der Waals surface area contributed by atoms with Gasteiger partial charge in [-0.2, -0.15) is 0 Å². The molecule has 76 valence electrons. The smallest absolute Gasteiger partial charge is 0.378 e. The summed E-state index contributed by atoms with van der Waals surface area (Å²) in [6.45, 7) is 5.27. The van der Waals surface area contributed by atoms with Crippen LogP contribution in [0.1, 0.15) is 20.8 Å². The molecule has 14 heavy (non-hydrogen) atoms. The minimum Gasteiger partial charge on any atom is -0.502 e. The summed E-state index contributed by atoms with van der Waals surface area (Å²) in [5, 5.41) is 8.92. The van der Waals surface area contributed by atoms with E-state index in [9.17, 15) is 9.59 Å². The molecule has 0 aromatic carbocycles. The molecule has 0 radical (unpaired) electrons. The van der Waals surface area contributed by atoms with E-state index in [1.165, 1.54) is 6.08 Å². The second-order valence-corrected chi connectivity index (χ2v) is 4.08. The van der Waals surface area contributed by atoms with E-state index in [0.29, 0.717) is 0 Å². The Morgan fingerprint density at radius 1 is 1.50 bits per heavy atom. The highest BCUT2D eigenvalue weighted by atomic mass is 16.6. The van der Waals surface area contributed by atoms with Crippen molar-refractivity contribution in [3.8, 4) is 0 Å². The van der Waals surface area contributed by atoms with Gasteiger partial charge in [-0.3, -0.25) is 4.79 Å². The molecule has 4 nitrogen and oxygen atoms in total. The topological polar surface area (TPSA) is 63.6 Å². The van der Waals surface area contributed by atoms with Gasteiger partial charge in [-0.25, -0.2) is 4.79 Å². The Hall–Kier alpha value is -1.58. The second-order valence-electron chi connectivity index (χ2n) is 4.08. The first-order valence-corrected chi connectivity index (χ1v) is 4.19. The third-order valence-corrected chi connectivity index (χ3v) is 1.71. The number of aliphatic hydroxyl groups is 1. The van der Waals surface area contributed by atoms with Crippen LogP contribution in [0.3, 0.4) is 0 Å². The van der Waals surface area contributed by atoms with Crippen molar-refractivity contribution in [2.24, 2.45) is 5.41 Å². The predicted molar refractivity (Wildman–Crippen MR) is 49.3 cm³/mol. The van der Waals surface area contributed by atoms with Gasteiger partial charge in [-0.15, -0.1) is 0 Å². The molecule has 4 heteroatoms. The van der Waals surface area contributed by atoms with Crippen LogP contribution in [0.15, 0.2) is 23.7 Å². The summed E-state index contributed by atoms with van der Waals surface area (Å²) in [4.78, 5) is 22.2. The number of cyclic esters (lactones) is 1. The summed E-state index contributed by atoms with van der Waals surface area (Å²) >= 11 is 0. The van der Waals surface area contributed by atoms with Gasteiger partial charge < -0.3 is 9.84 Å². The first-order chi connectivity index (χ1) is 6.30. The molecule has 0 unspecified atom stereocenters. The number of carbonyl (C=O) groups is 2. The van der Waals surface area contributed by atoms with E-state index in [0.717, 1.165) is 6.08 Å². The van der Waals surface area contributed by atoms with Crippen molar-refractivity contribution in [3.05, 3.63) is 23.7 Å². The van der Waals surface area contributed by atoms with Crippen LogP contribution in [0.4, 0.5) is 0 Å². The Morgan fingerprint density at radius 2 is 2.07 bits per heavy atom. The van der Waals surface area contributed by atoms with Crippen LogP contribution in [-0.2, 0) is 14.3 Å². The maximum atomic E-state index is 11.5. The summed E-state index contributed by atoms with van der Waals surface area (Å²) in [5.41, 5.74) is -0.522. The molecule has 0 bridgehead atoms. The van der Waals surface area contributed by atoms with Crippen molar-refractivity contribution in [1.29, 1.82) is 0 Å². The fourth-order valence-electron chi connectivity index (χ4n) is 0.799. The summed E-state index contributed by atoms with van der Waals surface area (Å²) in [5.74, 6) is -1.37. The number of esters is 1. The van der Waals surface area contributed by atoms with Gasteiger partial charge in [0.1, 0.15) is 5.76 Å². The van der Waals surface area contributed by atoms with Crippen molar-refractivity contribution in [1.82, 2.24) is 0 Å². The zero-order valence-electron chi connectivity index (χ0n) is 8.33. The van der Waals surface area contributed by atoms with Crippen LogP contribution in [0.2, 0.25) is 0 Å². The zero-order chi connectivity index (χ0) is 10.9. The first-order valence-electron chi connectivity index (χ1n) is 4.19. The lowest BCUT2D eigenvalue weighted by Crippen LogP contribution is -2.18. The molecule has 0 aromatic rings. The Kier molecular flexibility index (Phi) is 2.47. The Labute approximate surface area is 81.9 Å². The summed E-state index contributed by atoms with van der Waals surface area (Å²) < 4.78 is 4.60. The van der Waals surface area contributed by atoms with E-state index in [4.69, 9.17) is 5.11 Å². The number of aliphatic hydroxyl groups excluding tert-OH is 1. The first kappa shape index (κ1) is 10.5. The van der Waals surface area contributed by atoms with E-state index in [2.05, 4.69) is 4.74 Å². The maximum absolute atomic E-state index is 11.5. The number of ether oxygens (including phenoxy) is 1. The van der Waals surface area contributed by atoms with Crippen LogP contribution >= 0.6 is 0 Å². The van der Waals surface area contributed by atoms with E-state index in [1.807, 2.05) is 0 Å². The quantitative estimate of drug-likeness (QED) is 0.509. The summed E-state index contributed by atoms with van der Waals surface area (Å²) in [6.07, 6.45) is 2.34. The van der Waals surface area contributed by atoms with Crippen LogP contribution < -0.4 is 0 Å². The predicted octanol–water partition coefficient (Wildman–Crippen LogP) is 1.48. The van der Waals surface area contributed by atoms with Gasteiger partial charge >= 0.3 is 5.97 Å².